The molecule has 0 aromatic heterocycles. The number of carbonyl (C=O) groups is 1. The minimum atomic E-state index is -3.63. The maximum Gasteiger partial charge on any atom is 0.265 e. The number of hydrogen-bond donors (Lipinski definition) is 4. The number of benzene rings is 2. The van der Waals surface area contributed by atoms with Gasteiger partial charge in [0.1, 0.15) is 11.9 Å². The van der Waals surface area contributed by atoms with Gasteiger partial charge in [-0.2, -0.15) is 0 Å². The van der Waals surface area contributed by atoms with Gasteiger partial charge in [0.25, 0.3) is 5.91 Å². The van der Waals surface area contributed by atoms with Crippen LogP contribution in [0.5, 0.6) is 0 Å². The van der Waals surface area contributed by atoms with Crippen molar-refractivity contribution in [2.45, 2.75) is 44.0 Å². The van der Waals surface area contributed by atoms with E-state index in [0.29, 0.717) is 36.1 Å². The number of unbranched alkanes of at least 4 members (excludes halogenated alkanes) is 1. The molecular formula is C22H31FN4O4S. The fourth-order valence-electron chi connectivity index (χ4n) is 3.26. The summed E-state index contributed by atoms with van der Waals surface area (Å²) in [6.45, 7) is 3.48. The van der Waals surface area contributed by atoms with Crippen molar-refractivity contribution in [1.82, 2.24) is 10.2 Å². The third kappa shape index (κ3) is 6.91. The Kier molecular flexibility index (Phi) is 8.99. The van der Waals surface area contributed by atoms with Crippen LogP contribution in [0.1, 0.15) is 30.4 Å². The Hall–Kier alpha value is -2.69. The van der Waals surface area contributed by atoms with Gasteiger partial charge in [-0.1, -0.05) is 0 Å². The van der Waals surface area contributed by atoms with Crippen molar-refractivity contribution in [2.24, 2.45) is 0 Å². The van der Waals surface area contributed by atoms with Gasteiger partial charge in [-0.05, 0) is 80.6 Å². The Labute approximate surface area is 188 Å². The normalized spacial score (nSPS) is 12.3. The SMILES string of the molecule is Cc1cc(NC(CCCCNS(=O)(=O)c2ccc(N(C)C)cc2)C(=O)NO)cc(C)c1F. The molecule has 0 bridgehead atoms. The number of carbonyl (C=O) groups excluding carboxylic acids is 1. The van der Waals surface area contributed by atoms with Crippen LogP contribution >= 0.6 is 0 Å². The quantitative estimate of drug-likeness (QED) is 0.230. The monoisotopic (exact) mass is 466 g/mol. The first-order valence-corrected chi connectivity index (χ1v) is 11.8. The topological polar surface area (TPSA) is 111 Å². The molecule has 0 aliphatic carbocycles. The molecule has 2 rings (SSSR count). The molecule has 0 aliphatic rings. The Balaban J connectivity index is 1.89. The standard InChI is InChI=1S/C22H31FN4O4S/c1-15-13-17(14-16(2)21(15)23)25-20(22(28)26-29)7-5-6-12-24-32(30,31)19-10-8-18(9-11-19)27(3)4/h8-11,13-14,20,24-25,29H,5-7,12H2,1-4H3,(H,26,28). The van der Waals surface area contributed by atoms with E-state index in [2.05, 4.69) is 10.0 Å². The molecular weight excluding hydrogens is 435 g/mol. The number of rotatable bonds is 11. The Morgan fingerprint density at radius 1 is 1.09 bits per heavy atom. The summed E-state index contributed by atoms with van der Waals surface area (Å²) >= 11 is 0. The van der Waals surface area contributed by atoms with Crippen molar-refractivity contribution >= 4 is 27.3 Å². The molecule has 0 saturated carbocycles. The number of hydroxylamine groups is 1. The molecule has 0 aliphatic heterocycles. The molecule has 0 heterocycles. The summed E-state index contributed by atoms with van der Waals surface area (Å²) in [5.74, 6) is -0.923. The van der Waals surface area contributed by atoms with Crippen LogP contribution in [0.3, 0.4) is 0 Å². The van der Waals surface area contributed by atoms with E-state index in [1.54, 1.807) is 55.7 Å². The van der Waals surface area contributed by atoms with E-state index in [-0.39, 0.29) is 17.3 Å². The first-order chi connectivity index (χ1) is 15.0. The van der Waals surface area contributed by atoms with Crippen LogP contribution in [0.2, 0.25) is 0 Å². The van der Waals surface area contributed by atoms with Crippen LogP contribution in [0, 0.1) is 19.7 Å². The largest absolute Gasteiger partial charge is 0.378 e. The molecule has 8 nitrogen and oxygen atoms in total. The Bertz CT molecular complexity index is 1000. The van der Waals surface area contributed by atoms with Gasteiger partial charge in [-0.25, -0.2) is 23.0 Å². The second kappa shape index (κ2) is 11.3. The van der Waals surface area contributed by atoms with E-state index in [9.17, 15) is 17.6 Å². The van der Waals surface area contributed by atoms with E-state index in [1.807, 2.05) is 19.0 Å². The maximum atomic E-state index is 13.8. The van der Waals surface area contributed by atoms with Gasteiger partial charge >= 0.3 is 0 Å². The van der Waals surface area contributed by atoms with Gasteiger partial charge in [0, 0.05) is 32.0 Å². The van der Waals surface area contributed by atoms with Gasteiger partial charge in [0.05, 0.1) is 4.90 Å². The Morgan fingerprint density at radius 2 is 1.69 bits per heavy atom. The molecule has 0 saturated heterocycles. The van der Waals surface area contributed by atoms with Crippen molar-refractivity contribution in [1.29, 1.82) is 0 Å². The Morgan fingerprint density at radius 3 is 2.22 bits per heavy atom. The predicted octanol–water partition coefficient (Wildman–Crippen LogP) is 2.94. The van der Waals surface area contributed by atoms with Crippen molar-refractivity contribution < 1.29 is 22.8 Å². The number of halogens is 1. The molecule has 176 valence electrons. The van der Waals surface area contributed by atoms with Crippen LogP contribution < -0.4 is 20.4 Å². The third-order valence-electron chi connectivity index (χ3n) is 5.08. The second-order valence-electron chi connectivity index (χ2n) is 7.88. The van der Waals surface area contributed by atoms with Gasteiger partial charge in [0.15, 0.2) is 0 Å². The summed E-state index contributed by atoms with van der Waals surface area (Å²) in [6.07, 6.45) is 1.36. The molecule has 10 heteroatoms. The minimum Gasteiger partial charge on any atom is -0.378 e. The molecule has 1 amide bonds. The number of sulfonamides is 1. The second-order valence-corrected chi connectivity index (χ2v) is 9.65. The number of nitrogens with one attached hydrogen (secondary N) is 3. The predicted molar refractivity (Wildman–Crippen MR) is 123 cm³/mol. The zero-order valence-electron chi connectivity index (χ0n) is 18.8. The average molecular weight is 467 g/mol. The highest BCUT2D eigenvalue weighted by atomic mass is 32.2. The smallest absolute Gasteiger partial charge is 0.265 e. The lowest BCUT2D eigenvalue weighted by Crippen LogP contribution is -2.38. The highest BCUT2D eigenvalue weighted by molar-refractivity contribution is 7.89. The number of nitrogens with zero attached hydrogens (tertiary/aromatic N) is 1. The average Bonchev–Trinajstić information content (AvgIpc) is 2.75. The fourth-order valence-corrected chi connectivity index (χ4v) is 4.34. The summed E-state index contributed by atoms with van der Waals surface area (Å²) in [5.41, 5.74) is 4.00. The van der Waals surface area contributed by atoms with Gasteiger partial charge < -0.3 is 10.2 Å². The minimum absolute atomic E-state index is 0.185. The van der Waals surface area contributed by atoms with Crippen molar-refractivity contribution in [3.05, 3.63) is 53.3 Å². The zero-order valence-corrected chi connectivity index (χ0v) is 19.6. The van der Waals surface area contributed by atoms with Crippen molar-refractivity contribution in [2.75, 3.05) is 30.9 Å². The molecule has 0 fully saturated rings. The fraction of sp³-hybridized carbons (Fsp3) is 0.409. The van der Waals surface area contributed by atoms with E-state index in [4.69, 9.17) is 5.21 Å². The number of hydrogen-bond acceptors (Lipinski definition) is 6. The van der Waals surface area contributed by atoms with Crippen molar-refractivity contribution in [3.8, 4) is 0 Å². The van der Waals surface area contributed by atoms with Crippen LogP contribution in [-0.2, 0) is 14.8 Å². The number of amides is 1. The summed E-state index contributed by atoms with van der Waals surface area (Å²) in [7, 11) is 0.123. The van der Waals surface area contributed by atoms with Gasteiger partial charge in [0.2, 0.25) is 10.0 Å². The molecule has 2 aromatic carbocycles. The highest BCUT2D eigenvalue weighted by Crippen LogP contribution is 2.20. The van der Waals surface area contributed by atoms with Crippen LogP contribution in [0.4, 0.5) is 15.8 Å². The number of aryl methyl sites for hydroxylation is 2. The molecule has 32 heavy (non-hydrogen) atoms. The van der Waals surface area contributed by atoms with Crippen molar-refractivity contribution in [3.63, 3.8) is 0 Å². The zero-order chi connectivity index (χ0) is 23.9. The van der Waals surface area contributed by atoms with Gasteiger partial charge in [-0.3, -0.25) is 10.0 Å². The molecule has 4 N–H and O–H groups in total. The van der Waals surface area contributed by atoms with Crippen LogP contribution in [-0.4, -0.2) is 46.2 Å². The summed E-state index contributed by atoms with van der Waals surface area (Å²) in [4.78, 5) is 14.1. The molecule has 2 aromatic rings. The van der Waals surface area contributed by atoms with Crippen LogP contribution in [0.25, 0.3) is 0 Å². The lowest BCUT2D eigenvalue weighted by atomic mass is 10.1. The number of anilines is 2. The summed E-state index contributed by atoms with van der Waals surface area (Å²) in [6, 6.07) is 9.00. The lowest BCUT2D eigenvalue weighted by Gasteiger charge is -2.19. The van der Waals surface area contributed by atoms with Crippen LogP contribution in [0.15, 0.2) is 41.3 Å². The maximum absolute atomic E-state index is 13.8. The van der Waals surface area contributed by atoms with E-state index in [0.717, 1.165) is 5.69 Å². The molecule has 0 spiro atoms. The lowest BCUT2D eigenvalue weighted by molar-refractivity contribution is -0.130. The van der Waals surface area contributed by atoms with Gasteiger partial charge in [-0.15, -0.1) is 0 Å². The summed E-state index contributed by atoms with van der Waals surface area (Å²) in [5, 5.41) is 12.0. The molecule has 1 unspecified atom stereocenters. The summed E-state index contributed by atoms with van der Waals surface area (Å²) < 4.78 is 41.3. The van der Waals surface area contributed by atoms with E-state index >= 15 is 0 Å². The molecule has 1 atom stereocenters. The molecule has 0 radical (unpaired) electrons. The first-order valence-electron chi connectivity index (χ1n) is 10.3. The van der Waals surface area contributed by atoms with E-state index in [1.165, 1.54) is 0 Å². The third-order valence-corrected chi connectivity index (χ3v) is 6.56. The van der Waals surface area contributed by atoms with E-state index < -0.39 is 22.0 Å². The first kappa shape index (κ1) is 25.6. The highest BCUT2D eigenvalue weighted by Gasteiger charge is 2.19.